The van der Waals surface area contributed by atoms with Crippen LogP contribution in [-0.2, 0) is 26.1 Å². The first-order valence-corrected chi connectivity index (χ1v) is 11.0. The van der Waals surface area contributed by atoms with Crippen LogP contribution in [0.15, 0.2) is 53.4 Å². The summed E-state index contributed by atoms with van der Waals surface area (Å²) in [7, 11) is -2.51. The lowest BCUT2D eigenvalue weighted by Crippen LogP contribution is -2.41. The summed E-state index contributed by atoms with van der Waals surface area (Å²) in [5.74, 6) is -1.85. The van der Waals surface area contributed by atoms with Gasteiger partial charge in [-0.25, -0.2) is 18.0 Å². The molecule has 0 aliphatic carbocycles. The van der Waals surface area contributed by atoms with Gasteiger partial charge < -0.3 is 10.1 Å². The Bertz CT molecular complexity index is 1060. The fourth-order valence-corrected chi connectivity index (χ4v) is 3.88. The Morgan fingerprint density at radius 2 is 1.77 bits per heavy atom. The molecule has 0 bridgehead atoms. The summed E-state index contributed by atoms with van der Waals surface area (Å²) < 4.78 is 31.8. The monoisotopic (exact) mass is 467 g/mol. The molecule has 0 aliphatic heterocycles. The normalized spacial score (nSPS) is 11.1. The number of halogens is 1. The number of esters is 1. The van der Waals surface area contributed by atoms with E-state index >= 15 is 0 Å². The lowest BCUT2D eigenvalue weighted by atomic mass is 10.2. The molecule has 3 amide bonds. The smallest absolute Gasteiger partial charge is 0.340 e. The van der Waals surface area contributed by atoms with E-state index in [1.165, 1.54) is 19.2 Å². The van der Waals surface area contributed by atoms with E-state index in [0.717, 1.165) is 15.9 Å². The van der Waals surface area contributed by atoms with Crippen molar-refractivity contribution >= 4 is 39.5 Å². The lowest BCUT2D eigenvalue weighted by molar-refractivity contribution is -0.123. The Labute approximate surface area is 185 Å². The van der Waals surface area contributed by atoms with E-state index in [-0.39, 0.29) is 22.0 Å². The molecule has 0 atom stereocenters. The minimum atomic E-state index is -3.93. The third-order valence-electron chi connectivity index (χ3n) is 4.04. The van der Waals surface area contributed by atoms with Gasteiger partial charge in [-0.2, -0.15) is 4.31 Å². The van der Waals surface area contributed by atoms with Gasteiger partial charge in [0, 0.05) is 20.1 Å². The SMILES string of the molecule is CCNC(=O)NC(=O)COC(=O)c1cc(S(=O)(=O)N(C)Cc2ccccc2)ccc1Cl. The molecule has 2 N–H and O–H groups in total. The number of hydrogen-bond acceptors (Lipinski definition) is 6. The number of rotatable bonds is 8. The summed E-state index contributed by atoms with van der Waals surface area (Å²) in [6.07, 6.45) is 0. The largest absolute Gasteiger partial charge is 0.452 e. The molecular weight excluding hydrogens is 446 g/mol. The van der Waals surface area contributed by atoms with Crippen LogP contribution in [0.1, 0.15) is 22.8 Å². The van der Waals surface area contributed by atoms with Crippen molar-refractivity contribution in [2.24, 2.45) is 0 Å². The number of carbonyl (C=O) groups is 3. The fourth-order valence-electron chi connectivity index (χ4n) is 2.50. The molecule has 0 aromatic heterocycles. The van der Waals surface area contributed by atoms with Crippen LogP contribution in [0, 0.1) is 0 Å². The zero-order valence-corrected chi connectivity index (χ0v) is 18.5. The molecule has 0 unspecified atom stereocenters. The Balaban J connectivity index is 2.12. The molecule has 0 heterocycles. The van der Waals surface area contributed by atoms with Gasteiger partial charge in [-0.05, 0) is 30.7 Å². The van der Waals surface area contributed by atoms with Gasteiger partial charge in [-0.15, -0.1) is 0 Å². The first kappa shape index (κ1) is 24.3. The molecule has 9 nitrogen and oxygen atoms in total. The molecule has 2 aromatic rings. The van der Waals surface area contributed by atoms with Crippen molar-refractivity contribution in [2.75, 3.05) is 20.2 Å². The summed E-state index contributed by atoms with van der Waals surface area (Å²) >= 11 is 6.02. The number of nitrogens with one attached hydrogen (secondary N) is 2. The van der Waals surface area contributed by atoms with Crippen LogP contribution in [0.25, 0.3) is 0 Å². The maximum Gasteiger partial charge on any atom is 0.340 e. The quantitative estimate of drug-likeness (QED) is 0.574. The van der Waals surface area contributed by atoms with Crippen LogP contribution in [0.4, 0.5) is 4.79 Å². The molecule has 0 spiro atoms. The Hall–Kier alpha value is -2.95. The van der Waals surface area contributed by atoms with Crippen LogP contribution < -0.4 is 10.6 Å². The summed E-state index contributed by atoms with van der Waals surface area (Å²) in [5.41, 5.74) is 0.571. The van der Waals surface area contributed by atoms with Crippen molar-refractivity contribution in [1.82, 2.24) is 14.9 Å². The van der Waals surface area contributed by atoms with E-state index in [0.29, 0.717) is 6.54 Å². The Morgan fingerprint density at radius 3 is 2.42 bits per heavy atom. The van der Waals surface area contributed by atoms with Crippen molar-refractivity contribution < 1.29 is 27.5 Å². The number of hydrogen-bond donors (Lipinski definition) is 2. The van der Waals surface area contributed by atoms with E-state index in [4.69, 9.17) is 16.3 Å². The van der Waals surface area contributed by atoms with E-state index in [9.17, 15) is 22.8 Å². The van der Waals surface area contributed by atoms with Crippen LogP contribution >= 0.6 is 11.6 Å². The highest BCUT2D eigenvalue weighted by Gasteiger charge is 2.24. The number of amides is 3. The van der Waals surface area contributed by atoms with Crippen molar-refractivity contribution in [2.45, 2.75) is 18.4 Å². The Morgan fingerprint density at radius 1 is 1.10 bits per heavy atom. The van der Waals surface area contributed by atoms with Gasteiger partial charge in [0.1, 0.15) is 0 Å². The van der Waals surface area contributed by atoms with E-state index < -0.39 is 34.5 Å². The lowest BCUT2D eigenvalue weighted by Gasteiger charge is -2.18. The fraction of sp³-hybridized carbons (Fsp3) is 0.250. The highest BCUT2D eigenvalue weighted by molar-refractivity contribution is 7.89. The van der Waals surface area contributed by atoms with Crippen LogP contribution in [0.3, 0.4) is 0 Å². The molecule has 2 aromatic carbocycles. The second kappa shape index (κ2) is 10.9. The van der Waals surface area contributed by atoms with Crippen LogP contribution in [0.5, 0.6) is 0 Å². The third-order valence-corrected chi connectivity index (χ3v) is 6.17. The minimum absolute atomic E-state index is 0.0428. The summed E-state index contributed by atoms with van der Waals surface area (Å²) in [5, 5.41) is 4.28. The zero-order chi connectivity index (χ0) is 23.0. The highest BCUT2D eigenvalue weighted by Crippen LogP contribution is 2.24. The number of carbonyl (C=O) groups excluding carboxylic acids is 3. The molecule has 0 saturated heterocycles. The molecule has 11 heteroatoms. The number of nitrogens with zero attached hydrogens (tertiary/aromatic N) is 1. The molecule has 0 saturated carbocycles. The predicted molar refractivity (Wildman–Crippen MR) is 114 cm³/mol. The number of benzene rings is 2. The second-order valence-corrected chi connectivity index (χ2v) is 8.82. The van der Waals surface area contributed by atoms with Gasteiger partial charge in [0.05, 0.1) is 15.5 Å². The molecular formula is C20H22ClN3O6S. The number of sulfonamides is 1. The van der Waals surface area contributed by atoms with E-state index in [1.807, 2.05) is 11.4 Å². The molecule has 31 heavy (non-hydrogen) atoms. The number of imide groups is 1. The van der Waals surface area contributed by atoms with Crippen LogP contribution in [0.2, 0.25) is 5.02 Å². The second-order valence-electron chi connectivity index (χ2n) is 6.37. The summed E-state index contributed by atoms with van der Waals surface area (Å²) in [6, 6.07) is 11.9. The van der Waals surface area contributed by atoms with Gasteiger partial charge in [0.15, 0.2) is 6.61 Å². The maximum absolute atomic E-state index is 12.9. The van der Waals surface area contributed by atoms with Gasteiger partial charge in [0.2, 0.25) is 10.0 Å². The molecule has 2 rings (SSSR count). The van der Waals surface area contributed by atoms with E-state index in [2.05, 4.69) is 5.32 Å². The minimum Gasteiger partial charge on any atom is -0.452 e. The standard InChI is InChI=1S/C20H22ClN3O6S/c1-3-22-20(27)23-18(25)13-30-19(26)16-11-15(9-10-17(16)21)31(28,29)24(2)12-14-7-5-4-6-8-14/h4-11H,3,12-13H2,1-2H3,(H2,22,23,25,27). The summed E-state index contributed by atoms with van der Waals surface area (Å²) in [6.45, 7) is 1.38. The molecule has 0 aliphatic rings. The van der Waals surface area contributed by atoms with Crippen molar-refractivity contribution in [3.8, 4) is 0 Å². The first-order valence-electron chi connectivity index (χ1n) is 9.19. The first-order chi connectivity index (χ1) is 14.6. The third kappa shape index (κ3) is 6.78. The Kier molecular flexibility index (Phi) is 8.55. The van der Waals surface area contributed by atoms with Gasteiger partial charge >= 0.3 is 12.0 Å². The topological polar surface area (TPSA) is 122 Å². The van der Waals surface area contributed by atoms with E-state index in [1.54, 1.807) is 31.2 Å². The molecule has 0 fully saturated rings. The molecule has 166 valence electrons. The van der Waals surface area contributed by atoms with Crippen molar-refractivity contribution in [3.63, 3.8) is 0 Å². The number of ether oxygens (including phenoxy) is 1. The van der Waals surface area contributed by atoms with Crippen molar-refractivity contribution in [3.05, 3.63) is 64.7 Å². The van der Waals surface area contributed by atoms with Gasteiger partial charge in [0.25, 0.3) is 5.91 Å². The van der Waals surface area contributed by atoms with Gasteiger partial charge in [-0.1, -0.05) is 41.9 Å². The van der Waals surface area contributed by atoms with Gasteiger partial charge in [-0.3, -0.25) is 10.1 Å². The summed E-state index contributed by atoms with van der Waals surface area (Å²) in [4.78, 5) is 35.1. The highest BCUT2D eigenvalue weighted by atomic mass is 35.5. The van der Waals surface area contributed by atoms with Crippen LogP contribution in [-0.4, -0.2) is 50.8 Å². The zero-order valence-electron chi connectivity index (χ0n) is 16.9. The molecule has 0 radical (unpaired) electrons. The average Bonchev–Trinajstić information content (AvgIpc) is 2.73. The maximum atomic E-state index is 12.9. The average molecular weight is 468 g/mol. The van der Waals surface area contributed by atoms with Crippen molar-refractivity contribution in [1.29, 1.82) is 0 Å². The number of urea groups is 1. The predicted octanol–water partition coefficient (Wildman–Crippen LogP) is 2.16.